The van der Waals surface area contributed by atoms with E-state index < -0.39 is 0 Å². The molecule has 19 heavy (non-hydrogen) atoms. The second kappa shape index (κ2) is 5.73. The molecular formula is C15H16BrNOS. The fraction of sp³-hybridized carbons (Fsp3) is 0.400. The first kappa shape index (κ1) is 13.3. The Balaban J connectivity index is 1.77. The fourth-order valence-corrected chi connectivity index (χ4v) is 3.74. The molecule has 1 aromatic carbocycles. The lowest BCUT2D eigenvalue weighted by Crippen LogP contribution is -2.17. The van der Waals surface area contributed by atoms with Gasteiger partial charge >= 0.3 is 0 Å². The Hall–Kier alpha value is -0.710. The SMILES string of the molecule is OC1CCC(c2csc(-c3ccc(Br)cc3)n2)CC1. The summed E-state index contributed by atoms with van der Waals surface area (Å²) in [6.07, 6.45) is 3.85. The highest BCUT2D eigenvalue weighted by Gasteiger charge is 2.22. The lowest BCUT2D eigenvalue weighted by molar-refractivity contribution is 0.122. The van der Waals surface area contributed by atoms with Crippen LogP contribution in [0.25, 0.3) is 10.6 Å². The van der Waals surface area contributed by atoms with Gasteiger partial charge in [0.25, 0.3) is 0 Å². The van der Waals surface area contributed by atoms with Crippen LogP contribution in [-0.4, -0.2) is 16.2 Å². The second-order valence-corrected chi connectivity index (χ2v) is 6.86. The minimum absolute atomic E-state index is 0.0965. The minimum atomic E-state index is -0.0965. The Kier molecular flexibility index (Phi) is 4.01. The largest absolute Gasteiger partial charge is 0.393 e. The zero-order chi connectivity index (χ0) is 13.2. The first-order chi connectivity index (χ1) is 9.22. The number of aliphatic hydroxyl groups excluding tert-OH is 1. The van der Waals surface area contributed by atoms with E-state index in [1.807, 2.05) is 12.1 Å². The highest BCUT2D eigenvalue weighted by Crippen LogP contribution is 2.35. The van der Waals surface area contributed by atoms with E-state index in [1.54, 1.807) is 11.3 Å². The topological polar surface area (TPSA) is 33.1 Å². The molecule has 0 aliphatic heterocycles. The molecule has 4 heteroatoms. The first-order valence-corrected chi connectivity index (χ1v) is 8.29. The maximum Gasteiger partial charge on any atom is 0.123 e. The van der Waals surface area contributed by atoms with E-state index in [1.165, 1.54) is 11.3 Å². The maximum atomic E-state index is 9.56. The number of aliphatic hydroxyl groups is 1. The molecule has 1 heterocycles. The Bertz CT molecular complexity index is 544. The Morgan fingerprint density at radius 1 is 1.11 bits per heavy atom. The van der Waals surface area contributed by atoms with Gasteiger partial charge in [-0.25, -0.2) is 4.98 Å². The van der Waals surface area contributed by atoms with Crippen molar-refractivity contribution in [3.63, 3.8) is 0 Å². The van der Waals surface area contributed by atoms with E-state index in [9.17, 15) is 5.11 Å². The summed E-state index contributed by atoms with van der Waals surface area (Å²) in [5.74, 6) is 0.531. The third kappa shape index (κ3) is 3.07. The van der Waals surface area contributed by atoms with E-state index in [-0.39, 0.29) is 6.10 Å². The Labute approximate surface area is 125 Å². The molecule has 2 aromatic rings. The van der Waals surface area contributed by atoms with Crippen molar-refractivity contribution in [2.24, 2.45) is 0 Å². The van der Waals surface area contributed by atoms with E-state index >= 15 is 0 Å². The molecule has 2 nitrogen and oxygen atoms in total. The van der Waals surface area contributed by atoms with Crippen molar-refractivity contribution in [2.75, 3.05) is 0 Å². The van der Waals surface area contributed by atoms with Gasteiger partial charge in [0, 0.05) is 21.3 Å². The van der Waals surface area contributed by atoms with E-state index in [0.29, 0.717) is 5.92 Å². The van der Waals surface area contributed by atoms with Gasteiger partial charge < -0.3 is 5.11 Å². The number of halogens is 1. The molecule has 0 radical (unpaired) electrons. The lowest BCUT2D eigenvalue weighted by atomic mass is 9.86. The molecule has 0 amide bonds. The van der Waals surface area contributed by atoms with Crippen LogP contribution in [0.5, 0.6) is 0 Å². The van der Waals surface area contributed by atoms with Crippen molar-refractivity contribution in [3.8, 4) is 10.6 Å². The third-order valence-electron chi connectivity index (χ3n) is 3.73. The molecule has 1 aliphatic rings. The van der Waals surface area contributed by atoms with Gasteiger partial charge in [-0.2, -0.15) is 0 Å². The van der Waals surface area contributed by atoms with Crippen LogP contribution in [0.15, 0.2) is 34.1 Å². The number of nitrogens with zero attached hydrogens (tertiary/aromatic N) is 1. The first-order valence-electron chi connectivity index (χ1n) is 6.62. The molecule has 1 aromatic heterocycles. The molecule has 0 saturated heterocycles. The molecular weight excluding hydrogens is 322 g/mol. The molecule has 0 bridgehead atoms. The van der Waals surface area contributed by atoms with E-state index in [4.69, 9.17) is 4.98 Å². The van der Waals surface area contributed by atoms with Crippen LogP contribution in [0.3, 0.4) is 0 Å². The van der Waals surface area contributed by atoms with Crippen molar-refractivity contribution < 1.29 is 5.11 Å². The zero-order valence-corrected chi connectivity index (χ0v) is 13.0. The van der Waals surface area contributed by atoms with Crippen LogP contribution in [0.4, 0.5) is 0 Å². The quantitative estimate of drug-likeness (QED) is 0.869. The maximum absolute atomic E-state index is 9.56. The summed E-state index contributed by atoms with van der Waals surface area (Å²) >= 11 is 5.16. The molecule has 0 spiro atoms. The van der Waals surface area contributed by atoms with Crippen LogP contribution < -0.4 is 0 Å². The van der Waals surface area contributed by atoms with Crippen LogP contribution in [0.1, 0.15) is 37.3 Å². The van der Waals surface area contributed by atoms with Gasteiger partial charge in [0.2, 0.25) is 0 Å². The number of thiazole rings is 1. The lowest BCUT2D eigenvalue weighted by Gasteiger charge is -2.23. The average molecular weight is 338 g/mol. The summed E-state index contributed by atoms with van der Waals surface area (Å²) in [4.78, 5) is 4.78. The van der Waals surface area contributed by atoms with Crippen molar-refractivity contribution in [1.29, 1.82) is 0 Å². The van der Waals surface area contributed by atoms with Crippen molar-refractivity contribution >= 4 is 27.3 Å². The third-order valence-corrected chi connectivity index (χ3v) is 5.17. The highest BCUT2D eigenvalue weighted by molar-refractivity contribution is 9.10. The monoisotopic (exact) mass is 337 g/mol. The molecule has 0 atom stereocenters. The smallest absolute Gasteiger partial charge is 0.123 e. The summed E-state index contributed by atoms with van der Waals surface area (Å²) in [5.41, 5.74) is 2.38. The number of benzene rings is 1. The van der Waals surface area contributed by atoms with Gasteiger partial charge in [-0.3, -0.25) is 0 Å². The standard InChI is InChI=1S/C15H16BrNOS/c16-12-5-1-11(2-6-12)15-17-14(9-19-15)10-3-7-13(18)8-4-10/h1-2,5-6,9-10,13,18H,3-4,7-8H2. The van der Waals surface area contributed by atoms with Gasteiger partial charge in [0.05, 0.1) is 11.8 Å². The van der Waals surface area contributed by atoms with Gasteiger partial charge in [0.15, 0.2) is 0 Å². The molecule has 100 valence electrons. The normalized spacial score (nSPS) is 23.5. The summed E-state index contributed by atoms with van der Waals surface area (Å²) in [6.45, 7) is 0. The predicted molar refractivity (Wildman–Crippen MR) is 82.5 cm³/mol. The molecule has 3 rings (SSSR count). The Morgan fingerprint density at radius 3 is 2.47 bits per heavy atom. The molecule has 0 unspecified atom stereocenters. The molecule has 1 aliphatic carbocycles. The number of hydrogen-bond donors (Lipinski definition) is 1. The van der Waals surface area contributed by atoms with Gasteiger partial charge in [-0.1, -0.05) is 28.1 Å². The van der Waals surface area contributed by atoms with Gasteiger partial charge in [0.1, 0.15) is 5.01 Å². The van der Waals surface area contributed by atoms with Gasteiger partial charge in [-0.05, 0) is 37.8 Å². The minimum Gasteiger partial charge on any atom is -0.393 e. The van der Waals surface area contributed by atoms with Gasteiger partial charge in [-0.15, -0.1) is 11.3 Å². The zero-order valence-electron chi connectivity index (χ0n) is 10.6. The van der Waals surface area contributed by atoms with Crippen LogP contribution in [0.2, 0.25) is 0 Å². The van der Waals surface area contributed by atoms with E-state index in [2.05, 4.69) is 33.4 Å². The molecule has 1 fully saturated rings. The van der Waals surface area contributed by atoms with Crippen LogP contribution >= 0.6 is 27.3 Å². The predicted octanol–water partition coefficient (Wildman–Crippen LogP) is 4.59. The summed E-state index contributed by atoms with van der Waals surface area (Å²) < 4.78 is 1.09. The molecule has 1 saturated carbocycles. The van der Waals surface area contributed by atoms with Crippen LogP contribution in [0, 0.1) is 0 Å². The average Bonchev–Trinajstić information content (AvgIpc) is 2.90. The summed E-state index contributed by atoms with van der Waals surface area (Å²) in [6, 6.07) is 8.29. The van der Waals surface area contributed by atoms with Crippen molar-refractivity contribution in [1.82, 2.24) is 4.98 Å². The second-order valence-electron chi connectivity index (χ2n) is 5.09. The highest BCUT2D eigenvalue weighted by atomic mass is 79.9. The number of rotatable bonds is 2. The number of aromatic nitrogens is 1. The Morgan fingerprint density at radius 2 is 1.79 bits per heavy atom. The summed E-state index contributed by atoms with van der Waals surface area (Å²) in [5, 5.41) is 12.8. The summed E-state index contributed by atoms with van der Waals surface area (Å²) in [7, 11) is 0. The fourth-order valence-electron chi connectivity index (χ4n) is 2.57. The molecule has 1 N–H and O–H groups in total. The number of hydrogen-bond acceptors (Lipinski definition) is 3. The van der Waals surface area contributed by atoms with Crippen molar-refractivity contribution in [3.05, 3.63) is 39.8 Å². The van der Waals surface area contributed by atoms with Crippen molar-refractivity contribution in [2.45, 2.75) is 37.7 Å². The van der Waals surface area contributed by atoms with Crippen LogP contribution in [-0.2, 0) is 0 Å². The van der Waals surface area contributed by atoms with E-state index in [0.717, 1.165) is 35.2 Å².